The van der Waals surface area contributed by atoms with Crippen LogP contribution in [0, 0.1) is 0 Å². The van der Waals surface area contributed by atoms with Crippen molar-refractivity contribution in [2.45, 2.75) is 12.2 Å². The van der Waals surface area contributed by atoms with Crippen molar-refractivity contribution in [1.29, 1.82) is 0 Å². The number of hydrogen-bond acceptors (Lipinski definition) is 3. The van der Waals surface area contributed by atoms with E-state index >= 15 is 0 Å². The smallest absolute Gasteiger partial charge is 0.416 e. The highest BCUT2D eigenvalue weighted by Gasteiger charge is 2.48. The minimum absolute atomic E-state index is 0.147. The zero-order chi connectivity index (χ0) is 23.9. The maximum absolute atomic E-state index is 13.3. The van der Waals surface area contributed by atoms with Gasteiger partial charge in [-0.25, -0.2) is 0 Å². The maximum atomic E-state index is 13.3. The lowest BCUT2D eigenvalue weighted by Gasteiger charge is -2.26. The van der Waals surface area contributed by atoms with Gasteiger partial charge < -0.3 is 5.11 Å². The van der Waals surface area contributed by atoms with Crippen molar-refractivity contribution in [2.75, 3.05) is 4.90 Å². The molecule has 0 aliphatic carbocycles. The standard InChI is InChI=1S/C24H14BrClF3NO3/c25-15-10-8-13(9-11-15)21(31)19-20(17-6-1-2-7-18(17)26)30(23(33)22(19)32)16-5-3-4-14(12-16)24(27,28)29/h1-12,20,31H/b21-19+. The Kier molecular flexibility index (Phi) is 6.07. The molecular formula is C24H14BrClF3NO3. The number of hydrogen-bond donors (Lipinski definition) is 1. The fourth-order valence-electron chi connectivity index (χ4n) is 3.69. The van der Waals surface area contributed by atoms with E-state index in [9.17, 15) is 27.9 Å². The summed E-state index contributed by atoms with van der Waals surface area (Å²) in [6.45, 7) is 0. The second-order valence-electron chi connectivity index (χ2n) is 7.25. The van der Waals surface area contributed by atoms with Gasteiger partial charge in [-0.15, -0.1) is 0 Å². The number of rotatable bonds is 3. The Labute approximate surface area is 200 Å². The number of halogens is 5. The second-order valence-corrected chi connectivity index (χ2v) is 8.57. The molecule has 1 aliphatic heterocycles. The molecule has 1 fully saturated rings. The zero-order valence-electron chi connectivity index (χ0n) is 16.6. The average Bonchev–Trinajstić information content (AvgIpc) is 3.04. The van der Waals surface area contributed by atoms with Crippen molar-refractivity contribution in [3.63, 3.8) is 0 Å². The lowest BCUT2D eigenvalue weighted by atomic mass is 9.95. The van der Waals surface area contributed by atoms with Crippen molar-refractivity contribution < 1.29 is 27.9 Å². The normalized spacial score (nSPS) is 18.1. The minimum atomic E-state index is -4.65. The fourth-order valence-corrected chi connectivity index (χ4v) is 4.19. The van der Waals surface area contributed by atoms with Crippen LogP contribution < -0.4 is 4.90 Å². The Morgan fingerprint density at radius 2 is 1.64 bits per heavy atom. The first kappa shape index (κ1) is 23.1. The molecule has 3 aromatic carbocycles. The number of benzene rings is 3. The van der Waals surface area contributed by atoms with Crippen LogP contribution in [0.3, 0.4) is 0 Å². The van der Waals surface area contributed by atoms with E-state index < -0.39 is 35.2 Å². The van der Waals surface area contributed by atoms with Crippen LogP contribution in [0.5, 0.6) is 0 Å². The first-order valence-electron chi connectivity index (χ1n) is 9.58. The van der Waals surface area contributed by atoms with Crippen molar-refractivity contribution in [3.8, 4) is 0 Å². The van der Waals surface area contributed by atoms with Gasteiger partial charge in [-0.1, -0.05) is 63.9 Å². The van der Waals surface area contributed by atoms with E-state index in [2.05, 4.69) is 15.9 Å². The second kappa shape index (κ2) is 8.68. The van der Waals surface area contributed by atoms with Gasteiger partial charge in [-0.3, -0.25) is 14.5 Å². The summed E-state index contributed by atoms with van der Waals surface area (Å²) in [6, 6.07) is 15.6. The Morgan fingerprint density at radius 3 is 2.27 bits per heavy atom. The van der Waals surface area contributed by atoms with Gasteiger partial charge in [0, 0.05) is 20.7 Å². The van der Waals surface area contributed by atoms with Gasteiger partial charge in [0.25, 0.3) is 11.7 Å². The molecule has 4 rings (SSSR count). The van der Waals surface area contributed by atoms with Gasteiger partial charge in [0.15, 0.2) is 0 Å². The first-order valence-corrected chi connectivity index (χ1v) is 10.8. The summed E-state index contributed by atoms with van der Waals surface area (Å²) < 4.78 is 40.7. The number of ketones is 1. The van der Waals surface area contributed by atoms with E-state index in [0.717, 1.165) is 27.6 Å². The average molecular weight is 537 g/mol. The van der Waals surface area contributed by atoms with Crippen LogP contribution in [-0.4, -0.2) is 16.8 Å². The molecular weight excluding hydrogens is 523 g/mol. The molecule has 1 N–H and O–H groups in total. The van der Waals surface area contributed by atoms with Gasteiger partial charge in [-0.05, 0) is 42.0 Å². The number of aliphatic hydroxyl groups excluding tert-OH is 1. The molecule has 0 saturated carbocycles. The first-order chi connectivity index (χ1) is 15.6. The molecule has 4 nitrogen and oxygen atoms in total. The lowest BCUT2D eigenvalue weighted by Crippen LogP contribution is -2.29. The van der Waals surface area contributed by atoms with E-state index in [1.54, 1.807) is 42.5 Å². The summed E-state index contributed by atoms with van der Waals surface area (Å²) in [7, 11) is 0. The van der Waals surface area contributed by atoms with Crippen molar-refractivity contribution in [1.82, 2.24) is 0 Å². The van der Waals surface area contributed by atoms with Gasteiger partial charge in [0.2, 0.25) is 0 Å². The number of alkyl halides is 3. The number of nitrogens with zero attached hydrogens (tertiary/aromatic N) is 1. The van der Waals surface area contributed by atoms with Crippen LogP contribution in [0.15, 0.2) is 82.8 Å². The van der Waals surface area contributed by atoms with Crippen LogP contribution in [0.1, 0.15) is 22.7 Å². The third-order valence-corrected chi connectivity index (χ3v) is 6.09. The highest BCUT2D eigenvalue weighted by Crippen LogP contribution is 2.45. The van der Waals surface area contributed by atoms with Crippen molar-refractivity contribution >= 4 is 50.7 Å². The molecule has 168 valence electrons. The number of aliphatic hydroxyl groups is 1. The van der Waals surface area contributed by atoms with Gasteiger partial charge in [0.1, 0.15) is 5.76 Å². The fraction of sp³-hybridized carbons (Fsp3) is 0.0833. The SMILES string of the molecule is O=C1C(=O)N(c2cccc(C(F)(F)F)c2)C(c2ccccc2Cl)/C1=C(\O)c1ccc(Br)cc1. The van der Waals surface area contributed by atoms with Crippen LogP contribution >= 0.6 is 27.5 Å². The van der Waals surface area contributed by atoms with Gasteiger partial charge >= 0.3 is 6.18 Å². The predicted octanol–water partition coefficient (Wildman–Crippen LogP) is 6.75. The highest BCUT2D eigenvalue weighted by atomic mass is 79.9. The summed E-state index contributed by atoms with van der Waals surface area (Å²) in [5.74, 6) is -2.56. The summed E-state index contributed by atoms with van der Waals surface area (Å²) in [6.07, 6.45) is -4.65. The Hall–Kier alpha value is -3.10. The molecule has 9 heteroatoms. The summed E-state index contributed by atoms with van der Waals surface area (Å²) >= 11 is 9.64. The molecule has 1 amide bonds. The van der Waals surface area contributed by atoms with E-state index in [0.29, 0.717) is 0 Å². The highest BCUT2D eigenvalue weighted by molar-refractivity contribution is 9.10. The van der Waals surface area contributed by atoms with Crippen LogP contribution in [-0.2, 0) is 15.8 Å². The molecule has 1 saturated heterocycles. The zero-order valence-corrected chi connectivity index (χ0v) is 18.9. The van der Waals surface area contributed by atoms with E-state index in [1.165, 1.54) is 12.1 Å². The van der Waals surface area contributed by atoms with Crippen molar-refractivity contribution in [3.05, 3.63) is 105 Å². The summed E-state index contributed by atoms with van der Waals surface area (Å²) in [5.41, 5.74) is -0.848. The van der Waals surface area contributed by atoms with E-state index in [4.69, 9.17) is 11.6 Å². The molecule has 1 aliphatic rings. The third-order valence-electron chi connectivity index (χ3n) is 5.21. The third kappa shape index (κ3) is 4.28. The van der Waals surface area contributed by atoms with E-state index in [1.807, 2.05) is 0 Å². The molecule has 0 bridgehead atoms. The summed E-state index contributed by atoms with van der Waals surface area (Å²) in [4.78, 5) is 27.1. The Balaban J connectivity index is 1.97. The van der Waals surface area contributed by atoms with Crippen LogP contribution in [0.25, 0.3) is 5.76 Å². The molecule has 0 spiro atoms. The number of carbonyl (C=O) groups excluding carboxylic acids is 2. The van der Waals surface area contributed by atoms with Gasteiger partial charge in [-0.2, -0.15) is 13.2 Å². The van der Waals surface area contributed by atoms with Crippen LogP contribution in [0.4, 0.5) is 18.9 Å². The molecule has 1 heterocycles. The molecule has 3 aromatic rings. The molecule has 33 heavy (non-hydrogen) atoms. The lowest BCUT2D eigenvalue weighted by molar-refractivity contribution is -0.137. The largest absolute Gasteiger partial charge is 0.507 e. The van der Waals surface area contributed by atoms with Crippen molar-refractivity contribution in [2.24, 2.45) is 0 Å². The molecule has 0 radical (unpaired) electrons. The summed E-state index contributed by atoms with van der Waals surface area (Å²) in [5, 5.41) is 11.2. The Morgan fingerprint density at radius 1 is 0.970 bits per heavy atom. The molecule has 1 unspecified atom stereocenters. The number of carbonyl (C=O) groups is 2. The molecule has 1 atom stereocenters. The topological polar surface area (TPSA) is 57.6 Å². The monoisotopic (exact) mass is 535 g/mol. The predicted molar refractivity (Wildman–Crippen MR) is 122 cm³/mol. The number of amides is 1. The minimum Gasteiger partial charge on any atom is -0.507 e. The number of Topliss-reactive ketones (excluding diaryl/α,β-unsaturated/α-hetero) is 1. The van der Waals surface area contributed by atoms with Crippen LogP contribution in [0.2, 0.25) is 5.02 Å². The van der Waals surface area contributed by atoms with E-state index in [-0.39, 0.29) is 27.4 Å². The Bertz CT molecular complexity index is 1290. The quantitative estimate of drug-likeness (QED) is 0.229. The van der Waals surface area contributed by atoms with Gasteiger partial charge in [0.05, 0.1) is 17.2 Å². The maximum Gasteiger partial charge on any atom is 0.416 e. The number of anilines is 1. The molecule has 0 aromatic heterocycles.